The van der Waals surface area contributed by atoms with Gasteiger partial charge in [-0.2, -0.15) is 0 Å². The molecular formula is C15H17N3O2S. The van der Waals surface area contributed by atoms with Crippen molar-refractivity contribution in [3.63, 3.8) is 0 Å². The normalized spacial score (nSPS) is 14.2. The van der Waals surface area contributed by atoms with Crippen molar-refractivity contribution in [1.29, 1.82) is 0 Å². The van der Waals surface area contributed by atoms with Crippen LogP contribution in [0, 0.1) is 6.92 Å². The smallest absolute Gasteiger partial charge is 0.337 e. The number of carbonyl (C=O) groups is 1. The van der Waals surface area contributed by atoms with Crippen LogP contribution in [0.4, 0.5) is 0 Å². The molecule has 1 fully saturated rings. The van der Waals surface area contributed by atoms with E-state index in [-0.39, 0.29) is 5.97 Å². The van der Waals surface area contributed by atoms with E-state index in [0.29, 0.717) is 11.6 Å². The Balaban J connectivity index is 1.66. The van der Waals surface area contributed by atoms with Gasteiger partial charge in [-0.15, -0.1) is 10.2 Å². The van der Waals surface area contributed by atoms with Gasteiger partial charge in [-0.3, -0.25) is 0 Å². The van der Waals surface area contributed by atoms with E-state index >= 15 is 0 Å². The highest BCUT2D eigenvalue weighted by molar-refractivity contribution is 7.98. The maximum Gasteiger partial charge on any atom is 0.337 e. The molecule has 6 heteroatoms. The Morgan fingerprint density at radius 1 is 1.33 bits per heavy atom. The standard InChI is InChI=1S/C15H17N3O2S/c1-10-16-17-15(18(10)13-7-8-13)21-9-11-3-5-12(6-4-11)14(19)20-2/h3-6,13H,7-9H2,1-2H3. The van der Waals surface area contributed by atoms with Crippen molar-refractivity contribution in [2.24, 2.45) is 0 Å². The predicted molar refractivity (Wildman–Crippen MR) is 80.4 cm³/mol. The fraction of sp³-hybridized carbons (Fsp3) is 0.400. The molecule has 0 amide bonds. The van der Waals surface area contributed by atoms with Gasteiger partial charge in [-0.1, -0.05) is 23.9 Å². The SMILES string of the molecule is COC(=O)c1ccc(CSc2nnc(C)n2C2CC2)cc1. The molecule has 1 aliphatic rings. The lowest BCUT2D eigenvalue weighted by molar-refractivity contribution is 0.0600. The van der Waals surface area contributed by atoms with Crippen LogP contribution in [0.3, 0.4) is 0 Å². The highest BCUT2D eigenvalue weighted by atomic mass is 32.2. The van der Waals surface area contributed by atoms with Gasteiger partial charge in [0.05, 0.1) is 12.7 Å². The van der Waals surface area contributed by atoms with Gasteiger partial charge in [0.2, 0.25) is 0 Å². The van der Waals surface area contributed by atoms with E-state index < -0.39 is 0 Å². The van der Waals surface area contributed by atoms with Crippen LogP contribution in [0.2, 0.25) is 0 Å². The second kappa shape index (κ2) is 5.89. The maximum atomic E-state index is 11.4. The van der Waals surface area contributed by atoms with E-state index in [1.54, 1.807) is 23.9 Å². The van der Waals surface area contributed by atoms with Gasteiger partial charge < -0.3 is 9.30 Å². The molecule has 0 bridgehead atoms. The molecule has 110 valence electrons. The van der Waals surface area contributed by atoms with Crippen LogP contribution >= 0.6 is 11.8 Å². The third-order valence-corrected chi connectivity index (χ3v) is 4.50. The van der Waals surface area contributed by atoms with Gasteiger partial charge in [0.15, 0.2) is 5.16 Å². The zero-order valence-electron chi connectivity index (χ0n) is 12.1. The van der Waals surface area contributed by atoms with Gasteiger partial charge in [-0.05, 0) is 37.5 Å². The molecule has 0 atom stereocenters. The average molecular weight is 303 g/mol. The summed E-state index contributed by atoms with van der Waals surface area (Å²) in [5.74, 6) is 1.49. The summed E-state index contributed by atoms with van der Waals surface area (Å²) in [6, 6.07) is 8.06. The van der Waals surface area contributed by atoms with Gasteiger partial charge in [-0.25, -0.2) is 4.79 Å². The number of ether oxygens (including phenoxy) is 1. The lowest BCUT2D eigenvalue weighted by Gasteiger charge is -2.06. The minimum absolute atomic E-state index is 0.307. The van der Waals surface area contributed by atoms with Crippen LogP contribution < -0.4 is 0 Å². The molecule has 21 heavy (non-hydrogen) atoms. The minimum atomic E-state index is -0.307. The van der Waals surface area contributed by atoms with Gasteiger partial charge in [0.25, 0.3) is 0 Å². The minimum Gasteiger partial charge on any atom is -0.465 e. The molecule has 0 saturated heterocycles. The Bertz CT molecular complexity index is 647. The Labute approximate surface area is 127 Å². The fourth-order valence-electron chi connectivity index (χ4n) is 2.20. The molecular weight excluding hydrogens is 286 g/mol. The number of aryl methyl sites for hydroxylation is 1. The van der Waals surface area contributed by atoms with Crippen LogP contribution in [0.1, 0.15) is 40.6 Å². The van der Waals surface area contributed by atoms with Crippen LogP contribution in [-0.2, 0) is 10.5 Å². The predicted octanol–water partition coefficient (Wildman–Crippen LogP) is 3.00. The molecule has 0 unspecified atom stereocenters. The maximum absolute atomic E-state index is 11.4. The van der Waals surface area contributed by atoms with E-state index in [1.807, 2.05) is 19.1 Å². The number of nitrogens with zero attached hydrogens (tertiary/aromatic N) is 3. The van der Waals surface area contributed by atoms with E-state index in [0.717, 1.165) is 22.3 Å². The van der Waals surface area contributed by atoms with E-state index in [1.165, 1.54) is 20.0 Å². The molecule has 1 aliphatic carbocycles. The summed E-state index contributed by atoms with van der Waals surface area (Å²) in [4.78, 5) is 11.4. The van der Waals surface area contributed by atoms with Crippen LogP contribution in [-0.4, -0.2) is 27.8 Å². The quantitative estimate of drug-likeness (QED) is 0.628. The molecule has 1 saturated carbocycles. The van der Waals surface area contributed by atoms with Crippen molar-refractivity contribution in [2.45, 2.75) is 36.7 Å². The van der Waals surface area contributed by atoms with Crippen LogP contribution in [0.15, 0.2) is 29.4 Å². The number of carbonyl (C=O) groups excluding carboxylic acids is 1. The Morgan fingerprint density at radius 2 is 2.05 bits per heavy atom. The molecule has 1 heterocycles. The van der Waals surface area contributed by atoms with E-state index in [2.05, 4.69) is 14.8 Å². The molecule has 0 radical (unpaired) electrons. The third kappa shape index (κ3) is 3.10. The summed E-state index contributed by atoms with van der Waals surface area (Å²) in [5.41, 5.74) is 1.72. The molecule has 1 aromatic carbocycles. The fourth-order valence-corrected chi connectivity index (χ4v) is 3.21. The van der Waals surface area contributed by atoms with Crippen LogP contribution in [0.5, 0.6) is 0 Å². The number of aromatic nitrogens is 3. The summed E-state index contributed by atoms with van der Waals surface area (Å²) in [7, 11) is 1.39. The summed E-state index contributed by atoms with van der Waals surface area (Å²) in [5, 5.41) is 9.40. The summed E-state index contributed by atoms with van der Waals surface area (Å²) in [6.45, 7) is 2.00. The Kier molecular flexibility index (Phi) is 3.96. The first-order valence-electron chi connectivity index (χ1n) is 6.90. The lowest BCUT2D eigenvalue weighted by Crippen LogP contribution is -2.01. The van der Waals surface area contributed by atoms with Crippen molar-refractivity contribution in [3.8, 4) is 0 Å². The first kappa shape index (κ1) is 14.1. The molecule has 2 aromatic rings. The number of thioether (sulfide) groups is 1. The van der Waals surface area contributed by atoms with Crippen molar-refractivity contribution in [1.82, 2.24) is 14.8 Å². The zero-order valence-corrected chi connectivity index (χ0v) is 12.9. The number of methoxy groups -OCH3 is 1. The number of hydrogen-bond donors (Lipinski definition) is 0. The first-order chi connectivity index (χ1) is 10.2. The lowest BCUT2D eigenvalue weighted by atomic mass is 10.1. The second-order valence-corrected chi connectivity index (χ2v) is 6.05. The number of hydrogen-bond acceptors (Lipinski definition) is 5. The summed E-state index contributed by atoms with van der Waals surface area (Å²) < 4.78 is 6.92. The molecule has 0 N–H and O–H groups in total. The average Bonchev–Trinajstić information content (AvgIpc) is 3.28. The number of rotatable bonds is 5. The molecule has 1 aromatic heterocycles. The summed E-state index contributed by atoms with van der Waals surface area (Å²) >= 11 is 1.68. The Hall–Kier alpha value is -1.82. The number of esters is 1. The highest BCUT2D eigenvalue weighted by Crippen LogP contribution is 2.39. The van der Waals surface area contributed by atoms with Crippen molar-refractivity contribution in [3.05, 3.63) is 41.2 Å². The highest BCUT2D eigenvalue weighted by Gasteiger charge is 2.28. The molecule has 3 rings (SSSR count). The third-order valence-electron chi connectivity index (χ3n) is 3.49. The Morgan fingerprint density at radius 3 is 2.67 bits per heavy atom. The summed E-state index contributed by atoms with van der Waals surface area (Å²) in [6.07, 6.45) is 2.44. The molecule has 0 aliphatic heterocycles. The van der Waals surface area contributed by atoms with Gasteiger partial charge in [0, 0.05) is 11.8 Å². The van der Waals surface area contributed by atoms with Crippen molar-refractivity contribution < 1.29 is 9.53 Å². The van der Waals surface area contributed by atoms with Crippen molar-refractivity contribution in [2.75, 3.05) is 7.11 Å². The molecule has 5 nitrogen and oxygen atoms in total. The second-order valence-electron chi connectivity index (χ2n) is 5.11. The van der Waals surface area contributed by atoms with Crippen molar-refractivity contribution >= 4 is 17.7 Å². The van der Waals surface area contributed by atoms with Gasteiger partial charge in [0.1, 0.15) is 5.82 Å². The molecule has 0 spiro atoms. The largest absolute Gasteiger partial charge is 0.465 e. The van der Waals surface area contributed by atoms with E-state index in [9.17, 15) is 4.79 Å². The topological polar surface area (TPSA) is 57.0 Å². The van der Waals surface area contributed by atoms with Crippen LogP contribution in [0.25, 0.3) is 0 Å². The van der Waals surface area contributed by atoms with E-state index in [4.69, 9.17) is 4.74 Å². The number of benzene rings is 1. The first-order valence-corrected chi connectivity index (χ1v) is 7.89. The monoisotopic (exact) mass is 303 g/mol. The zero-order chi connectivity index (χ0) is 14.8. The van der Waals surface area contributed by atoms with Gasteiger partial charge >= 0.3 is 5.97 Å².